The molecule has 1 heterocycles. The van der Waals surface area contributed by atoms with Crippen molar-refractivity contribution in [3.63, 3.8) is 0 Å². The summed E-state index contributed by atoms with van der Waals surface area (Å²) in [5.41, 5.74) is 5.17. The Balaban J connectivity index is 2.40. The van der Waals surface area contributed by atoms with Gasteiger partial charge in [-0.3, -0.25) is 0 Å². The molecule has 4 nitrogen and oxygen atoms in total. The second-order valence-electron chi connectivity index (χ2n) is 1.35. The van der Waals surface area contributed by atoms with Crippen molar-refractivity contribution in [3.8, 4) is 0 Å². The quantitative estimate of drug-likeness (QED) is 0.412. The number of cyclic esters (lactones) is 1. The number of amides is 1. The molecule has 4 heteroatoms. The van der Waals surface area contributed by atoms with Crippen molar-refractivity contribution < 1.29 is 9.53 Å². The van der Waals surface area contributed by atoms with Crippen LogP contribution >= 0.6 is 0 Å². The standard InChI is InChI=1S/C3H6N2O2/c4-2-1-7-3(6)5-2/h2H,1,4H2,(H,5,6). The minimum Gasteiger partial charge on any atom is -0.446 e. The summed E-state index contributed by atoms with van der Waals surface area (Å²) in [6, 6.07) is 0. The second kappa shape index (κ2) is 1.38. The normalized spacial score (nSPS) is 29.3. The number of nitrogens with one attached hydrogen (secondary N) is 1. The molecule has 1 atom stereocenters. The second-order valence-corrected chi connectivity index (χ2v) is 1.35. The average molecular weight is 102 g/mol. The van der Waals surface area contributed by atoms with E-state index in [4.69, 9.17) is 5.73 Å². The topological polar surface area (TPSA) is 64.3 Å². The summed E-state index contributed by atoms with van der Waals surface area (Å²) in [7, 11) is 0. The van der Waals surface area contributed by atoms with Gasteiger partial charge in [0.2, 0.25) is 0 Å². The highest BCUT2D eigenvalue weighted by Crippen LogP contribution is 1.88. The molecular formula is C3H6N2O2. The van der Waals surface area contributed by atoms with E-state index in [-0.39, 0.29) is 6.17 Å². The molecule has 0 aromatic rings. The zero-order valence-electron chi connectivity index (χ0n) is 3.68. The Labute approximate surface area is 40.6 Å². The number of alkyl carbamates (subject to hydrolysis) is 1. The van der Waals surface area contributed by atoms with Crippen molar-refractivity contribution in [2.45, 2.75) is 6.17 Å². The highest BCUT2D eigenvalue weighted by molar-refractivity contribution is 5.69. The Hall–Kier alpha value is -0.770. The van der Waals surface area contributed by atoms with Crippen LogP contribution in [-0.2, 0) is 4.74 Å². The molecule has 0 aromatic carbocycles. The van der Waals surface area contributed by atoms with E-state index in [1.54, 1.807) is 0 Å². The third kappa shape index (κ3) is 0.806. The first-order chi connectivity index (χ1) is 3.29. The van der Waals surface area contributed by atoms with Gasteiger partial charge in [-0.2, -0.15) is 0 Å². The van der Waals surface area contributed by atoms with Gasteiger partial charge in [-0.15, -0.1) is 0 Å². The first kappa shape index (κ1) is 4.39. The van der Waals surface area contributed by atoms with Crippen LogP contribution < -0.4 is 11.1 Å². The van der Waals surface area contributed by atoms with E-state index in [0.717, 1.165) is 0 Å². The SMILES string of the molecule is NC1COC(=O)N1. The van der Waals surface area contributed by atoms with Crippen LogP contribution in [0.25, 0.3) is 0 Å². The maximum atomic E-state index is 10.0. The number of hydrogen-bond donors (Lipinski definition) is 2. The molecule has 0 aromatic heterocycles. The van der Waals surface area contributed by atoms with Gasteiger partial charge in [0.1, 0.15) is 12.8 Å². The van der Waals surface area contributed by atoms with E-state index in [1.807, 2.05) is 0 Å². The predicted octanol–water partition coefficient (Wildman–Crippen LogP) is -0.989. The van der Waals surface area contributed by atoms with Gasteiger partial charge in [-0.25, -0.2) is 4.79 Å². The van der Waals surface area contributed by atoms with Crippen LogP contribution in [0.1, 0.15) is 0 Å². The minimum atomic E-state index is -0.424. The highest BCUT2D eigenvalue weighted by Gasteiger charge is 2.16. The minimum absolute atomic E-state index is 0.291. The van der Waals surface area contributed by atoms with Gasteiger partial charge >= 0.3 is 6.09 Å². The highest BCUT2D eigenvalue weighted by atomic mass is 16.6. The molecule has 0 radical (unpaired) electrons. The summed E-state index contributed by atoms with van der Waals surface area (Å²) in [5.74, 6) is 0. The van der Waals surface area contributed by atoms with Crippen LogP contribution in [0.5, 0.6) is 0 Å². The van der Waals surface area contributed by atoms with E-state index in [9.17, 15) is 4.79 Å². The van der Waals surface area contributed by atoms with Crippen LogP contribution in [-0.4, -0.2) is 18.9 Å². The summed E-state index contributed by atoms with van der Waals surface area (Å²) >= 11 is 0. The molecule has 0 saturated carbocycles. The van der Waals surface area contributed by atoms with Crippen LogP contribution in [0.2, 0.25) is 0 Å². The average Bonchev–Trinajstić information content (AvgIpc) is 1.87. The first-order valence-electron chi connectivity index (χ1n) is 1.98. The summed E-state index contributed by atoms with van der Waals surface area (Å²) in [6.45, 7) is 0.291. The molecule has 40 valence electrons. The Morgan fingerprint density at radius 2 is 2.71 bits per heavy atom. The van der Waals surface area contributed by atoms with E-state index in [2.05, 4.69) is 10.1 Å². The van der Waals surface area contributed by atoms with Gasteiger partial charge in [-0.1, -0.05) is 0 Å². The molecule has 1 aliphatic heterocycles. The zero-order valence-corrected chi connectivity index (χ0v) is 3.68. The number of carbonyl (C=O) groups is 1. The lowest BCUT2D eigenvalue weighted by molar-refractivity contribution is 0.177. The zero-order chi connectivity index (χ0) is 5.28. The molecule has 1 rings (SSSR count). The van der Waals surface area contributed by atoms with Crippen LogP contribution in [0, 0.1) is 0 Å². The third-order valence-electron chi connectivity index (χ3n) is 0.697. The molecule has 0 bridgehead atoms. The van der Waals surface area contributed by atoms with E-state index in [1.165, 1.54) is 0 Å². The van der Waals surface area contributed by atoms with Crippen molar-refractivity contribution >= 4 is 6.09 Å². The van der Waals surface area contributed by atoms with Crippen molar-refractivity contribution in [3.05, 3.63) is 0 Å². The maximum absolute atomic E-state index is 10.0. The molecule has 1 saturated heterocycles. The van der Waals surface area contributed by atoms with Crippen LogP contribution in [0.4, 0.5) is 4.79 Å². The van der Waals surface area contributed by atoms with Crippen molar-refractivity contribution in [1.82, 2.24) is 5.32 Å². The molecule has 7 heavy (non-hydrogen) atoms. The number of ether oxygens (including phenoxy) is 1. The number of hydrogen-bond acceptors (Lipinski definition) is 3. The molecule has 1 amide bonds. The van der Waals surface area contributed by atoms with Gasteiger partial charge < -0.3 is 15.8 Å². The van der Waals surface area contributed by atoms with E-state index >= 15 is 0 Å². The van der Waals surface area contributed by atoms with Crippen molar-refractivity contribution in [2.75, 3.05) is 6.61 Å². The fourth-order valence-electron chi connectivity index (χ4n) is 0.400. The summed E-state index contributed by atoms with van der Waals surface area (Å²) < 4.78 is 4.39. The Morgan fingerprint density at radius 3 is 2.86 bits per heavy atom. The molecule has 0 aliphatic carbocycles. The molecular weight excluding hydrogens is 96.0 g/mol. The molecule has 3 N–H and O–H groups in total. The van der Waals surface area contributed by atoms with Crippen molar-refractivity contribution in [2.24, 2.45) is 5.73 Å². The summed E-state index contributed by atoms with van der Waals surface area (Å²) in [5, 5.41) is 2.33. The van der Waals surface area contributed by atoms with Gasteiger partial charge in [0.05, 0.1) is 0 Å². The molecule has 1 aliphatic rings. The van der Waals surface area contributed by atoms with Gasteiger partial charge in [0, 0.05) is 0 Å². The fourth-order valence-corrected chi connectivity index (χ4v) is 0.400. The number of carbonyl (C=O) groups excluding carboxylic acids is 1. The van der Waals surface area contributed by atoms with E-state index in [0.29, 0.717) is 6.61 Å². The smallest absolute Gasteiger partial charge is 0.408 e. The lowest BCUT2D eigenvalue weighted by Crippen LogP contribution is -2.34. The largest absolute Gasteiger partial charge is 0.446 e. The molecule has 1 fully saturated rings. The lowest BCUT2D eigenvalue weighted by Gasteiger charge is -1.91. The summed E-state index contributed by atoms with van der Waals surface area (Å²) in [4.78, 5) is 10.0. The van der Waals surface area contributed by atoms with Gasteiger partial charge in [0.15, 0.2) is 0 Å². The summed E-state index contributed by atoms with van der Waals surface area (Å²) in [6.07, 6.45) is -0.722. The monoisotopic (exact) mass is 102 g/mol. The van der Waals surface area contributed by atoms with Crippen LogP contribution in [0.15, 0.2) is 0 Å². The van der Waals surface area contributed by atoms with Crippen LogP contribution in [0.3, 0.4) is 0 Å². The Morgan fingerprint density at radius 1 is 2.00 bits per heavy atom. The molecule has 1 unspecified atom stereocenters. The number of rotatable bonds is 0. The Bertz CT molecular complexity index is 92.9. The molecule has 0 spiro atoms. The number of nitrogens with two attached hydrogens (primary N) is 1. The Kier molecular flexibility index (Phi) is 0.867. The van der Waals surface area contributed by atoms with Gasteiger partial charge in [-0.05, 0) is 0 Å². The predicted molar refractivity (Wildman–Crippen MR) is 22.5 cm³/mol. The van der Waals surface area contributed by atoms with Crippen molar-refractivity contribution in [1.29, 1.82) is 0 Å². The fraction of sp³-hybridized carbons (Fsp3) is 0.667. The third-order valence-corrected chi connectivity index (χ3v) is 0.697. The van der Waals surface area contributed by atoms with E-state index < -0.39 is 6.09 Å². The maximum Gasteiger partial charge on any atom is 0.408 e. The lowest BCUT2D eigenvalue weighted by atomic mass is 10.6. The first-order valence-corrected chi connectivity index (χ1v) is 1.98. The van der Waals surface area contributed by atoms with Gasteiger partial charge in [0.25, 0.3) is 0 Å².